The van der Waals surface area contributed by atoms with Gasteiger partial charge in [0, 0.05) is 10.9 Å². The zero-order valence-corrected chi connectivity index (χ0v) is 14.1. The smallest absolute Gasteiger partial charge is 0.122 e. The molecule has 0 aliphatic heterocycles. The number of hydrogen-bond acceptors (Lipinski definition) is 2. The van der Waals surface area contributed by atoms with Crippen molar-refractivity contribution in [2.75, 3.05) is 13.2 Å². The predicted octanol–water partition coefficient (Wildman–Crippen LogP) is 4.72. The Morgan fingerprint density at radius 1 is 1.18 bits per heavy atom. The molecule has 2 N–H and O–H groups in total. The lowest BCUT2D eigenvalue weighted by molar-refractivity contribution is 0.315. The average molecular weight is 318 g/mol. The van der Waals surface area contributed by atoms with Crippen molar-refractivity contribution in [2.45, 2.75) is 32.6 Å². The molecule has 0 heterocycles. The van der Waals surface area contributed by atoms with Gasteiger partial charge in [-0.05, 0) is 61.2 Å². The van der Waals surface area contributed by atoms with Gasteiger partial charge in [0.2, 0.25) is 0 Å². The maximum atomic E-state index is 6.06. The molecule has 1 atom stereocenters. The topological polar surface area (TPSA) is 35.2 Å². The van der Waals surface area contributed by atoms with Crippen molar-refractivity contribution in [1.82, 2.24) is 0 Å². The number of aryl methyl sites for hydroxylation is 1. The minimum absolute atomic E-state index is 0.289. The molecule has 0 aliphatic carbocycles. The van der Waals surface area contributed by atoms with Crippen molar-refractivity contribution >= 4 is 11.6 Å². The van der Waals surface area contributed by atoms with E-state index >= 15 is 0 Å². The van der Waals surface area contributed by atoms with E-state index in [4.69, 9.17) is 22.1 Å². The van der Waals surface area contributed by atoms with E-state index in [-0.39, 0.29) is 5.92 Å². The van der Waals surface area contributed by atoms with E-state index in [0.717, 1.165) is 35.8 Å². The third-order valence-electron chi connectivity index (χ3n) is 3.79. The molecule has 2 rings (SSSR count). The maximum Gasteiger partial charge on any atom is 0.122 e. The Hall–Kier alpha value is -1.51. The second kappa shape index (κ2) is 8.21. The highest BCUT2D eigenvalue weighted by atomic mass is 35.5. The van der Waals surface area contributed by atoms with E-state index in [1.54, 1.807) is 0 Å². The number of rotatable bonds is 7. The first-order valence-corrected chi connectivity index (χ1v) is 8.19. The third-order valence-corrected chi connectivity index (χ3v) is 4.02. The summed E-state index contributed by atoms with van der Waals surface area (Å²) in [6.45, 7) is 5.56. The van der Waals surface area contributed by atoms with Gasteiger partial charge in [-0.2, -0.15) is 0 Å². The van der Waals surface area contributed by atoms with Gasteiger partial charge in [0.25, 0.3) is 0 Å². The molecule has 2 aromatic carbocycles. The lowest BCUT2D eigenvalue weighted by Gasteiger charge is -2.18. The van der Waals surface area contributed by atoms with Crippen LogP contribution in [0, 0.1) is 6.92 Å². The number of nitrogens with two attached hydrogens (primary N) is 1. The molecule has 0 saturated carbocycles. The highest BCUT2D eigenvalue weighted by Gasteiger charge is 2.12. The lowest BCUT2D eigenvalue weighted by Crippen LogP contribution is -2.15. The van der Waals surface area contributed by atoms with Crippen LogP contribution in [0.5, 0.6) is 5.75 Å². The molecule has 22 heavy (non-hydrogen) atoms. The molecule has 0 radical (unpaired) electrons. The summed E-state index contributed by atoms with van der Waals surface area (Å²) in [6.07, 6.45) is 1.91. The van der Waals surface area contributed by atoms with Crippen molar-refractivity contribution in [2.24, 2.45) is 5.73 Å². The summed E-state index contributed by atoms with van der Waals surface area (Å²) in [4.78, 5) is 0. The summed E-state index contributed by atoms with van der Waals surface area (Å²) in [7, 11) is 0. The van der Waals surface area contributed by atoms with Crippen LogP contribution in [0.4, 0.5) is 0 Å². The minimum atomic E-state index is 0.289. The molecular weight excluding hydrogens is 294 g/mol. The first kappa shape index (κ1) is 16.9. The predicted molar refractivity (Wildman–Crippen MR) is 93.9 cm³/mol. The van der Waals surface area contributed by atoms with Gasteiger partial charge in [0.05, 0.1) is 6.61 Å². The fourth-order valence-electron chi connectivity index (χ4n) is 2.59. The Balaban J connectivity index is 2.15. The number of halogens is 1. The summed E-state index contributed by atoms with van der Waals surface area (Å²) >= 11 is 6.06. The second-order valence-corrected chi connectivity index (χ2v) is 6.08. The fraction of sp³-hybridized carbons (Fsp3) is 0.368. The molecule has 0 amide bonds. The van der Waals surface area contributed by atoms with Gasteiger partial charge in [0.15, 0.2) is 0 Å². The normalized spacial score (nSPS) is 12.2. The van der Waals surface area contributed by atoms with E-state index in [9.17, 15) is 0 Å². The van der Waals surface area contributed by atoms with E-state index in [1.807, 2.05) is 18.2 Å². The minimum Gasteiger partial charge on any atom is -0.493 e. The van der Waals surface area contributed by atoms with E-state index in [2.05, 4.69) is 38.1 Å². The summed E-state index contributed by atoms with van der Waals surface area (Å²) in [5.74, 6) is 1.25. The maximum absolute atomic E-state index is 6.06. The number of benzene rings is 2. The van der Waals surface area contributed by atoms with Crippen LogP contribution in [0.15, 0.2) is 42.5 Å². The van der Waals surface area contributed by atoms with Gasteiger partial charge in [-0.15, -0.1) is 0 Å². The monoisotopic (exact) mass is 317 g/mol. The van der Waals surface area contributed by atoms with Crippen LogP contribution in [0.25, 0.3) is 0 Å². The highest BCUT2D eigenvalue weighted by Crippen LogP contribution is 2.26. The fourth-order valence-corrected chi connectivity index (χ4v) is 2.80. The lowest BCUT2D eigenvalue weighted by atomic mass is 9.91. The summed E-state index contributed by atoms with van der Waals surface area (Å²) in [5.41, 5.74) is 9.63. The molecule has 0 spiro atoms. The third kappa shape index (κ3) is 4.49. The molecule has 3 heteroatoms. The molecule has 0 aliphatic rings. The SMILES string of the molecule is CCCOc1ccc(C(CN)Cc2cccc(Cl)c2)cc1C. The highest BCUT2D eigenvalue weighted by molar-refractivity contribution is 6.30. The zero-order chi connectivity index (χ0) is 15.9. The van der Waals surface area contributed by atoms with Crippen LogP contribution < -0.4 is 10.5 Å². The van der Waals surface area contributed by atoms with Crippen molar-refractivity contribution in [3.63, 3.8) is 0 Å². The number of ether oxygens (including phenoxy) is 1. The van der Waals surface area contributed by atoms with Gasteiger partial charge in [-0.25, -0.2) is 0 Å². The summed E-state index contributed by atoms with van der Waals surface area (Å²) in [5, 5.41) is 0.771. The van der Waals surface area contributed by atoms with Gasteiger partial charge in [-0.1, -0.05) is 42.8 Å². The zero-order valence-electron chi connectivity index (χ0n) is 13.3. The Morgan fingerprint density at radius 2 is 2.00 bits per heavy atom. The molecule has 0 bridgehead atoms. The van der Waals surface area contributed by atoms with Crippen molar-refractivity contribution in [1.29, 1.82) is 0 Å². The van der Waals surface area contributed by atoms with Crippen molar-refractivity contribution in [3.8, 4) is 5.75 Å². The molecule has 0 aromatic heterocycles. The Bertz CT molecular complexity index is 612. The van der Waals surface area contributed by atoms with Crippen LogP contribution in [0.1, 0.15) is 36.0 Å². The molecule has 118 valence electrons. The molecule has 2 nitrogen and oxygen atoms in total. The Labute approximate surface area is 138 Å². The molecular formula is C19H24ClNO. The van der Waals surface area contributed by atoms with E-state index in [0.29, 0.717) is 6.54 Å². The number of hydrogen-bond donors (Lipinski definition) is 1. The molecule has 0 saturated heterocycles. The summed E-state index contributed by atoms with van der Waals surface area (Å²) < 4.78 is 5.74. The van der Waals surface area contributed by atoms with E-state index in [1.165, 1.54) is 11.1 Å². The molecule has 2 aromatic rings. The van der Waals surface area contributed by atoms with Crippen LogP contribution in [-0.2, 0) is 6.42 Å². The van der Waals surface area contributed by atoms with Gasteiger partial charge in [0.1, 0.15) is 5.75 Å². The first-order chi connectivity index (χ1) is 10.6. The second-order valence-electron chi connectivity index (χ2n) is 5.64. The molecule has 1 unspecified atom stereocenters. The first-order valence-electron chi connectivity index (χ1n) is 7.82. The Morgan fingerprint density at radius 3 is 2.64 bits per heavy atom. The van der Waals surface area contributed by atoms with Crippen LogP contribution >= 0.6 is 11.6 Å². The Kier molecular flexibility index (Phi) is 6.29. The van der Waals surface area contributed by atoms with Crippen LogP contribution in [-0.4, -0.2) is 13.2 Å². The van der Waals surface area contributed by atoms with Gasteiger partial charge < -0.3 is 10.5 Å². The van der Waals surface area contributed by atoms with Crippen molar-refractivity contribution in [3.05, 3.63) is 64.2 Å². The van der Waals surface area contributed by atoms with Gasteiger partial charge in [-0.3, -0.25) is 0 Å². The van der Waals surface area contributed by atoms with Crippen LogP contribution in [0.2, 0.25) is 5.02 Å². The molecule has 0 fully saturated rings. The standard InChI is InChI=1S/C19H24ClNO/c1-3-9-22-19-8-7-16(10-14(19)2)17(13-21)11-15-5-4-6-18(20)12-15/h4-8,10,12,17H,3,9,11,13,21H2,1-2H3. The van der Waals surface area contributed by atoms with Gasteiger partial charge >= 0.3 is 0 Å². The quantitative estimate of drug-likeness (QED) is 0.801. The van der Waals surface area contributed by atoms with Crippen LogP contribution in [0.3, 0.4) is 0 Å². The largest absolute Gasteiger partial charge is 0.493 e. The average Bonchev–Trinajstić information content (AvgIpc) is 2.51. The van der Waals surface area contributed by atoms with Crippen molar-refractivity contribution < 1.29 is 4.74 Å². The van der Waals surface area contributed by atoms with E-state index < -0.39 is 0 Å². The summed E-state index contributed by atoms with van der Waals surface area (Å²) in [6, 6.07) is 14.4.